The molecule has 1 N–H and O–H groups in total. The molecule has 0 heterocycles. The Labute approximate surface area is 140 Å². The summed E-state index contributed by atoms with van der Waals surface area (Å²) in [6, 6.07) is 12.7. The first-order valence-corrected chi connectivity index (χ1v) is 9.16. The molecule has 0 bridgehead atoms. The zero-order valence-corrected chi connectivity index (χ0v) is 14.2. The SMILES string of the molecule is CCCCCCCCC1(O)CC=Cc2c1ccc1ccccc21. The Morgan fingerprint density at radius 1 is 0.957 bits per heavy atom. The van der Waals surface area contributed by atoms with Crippen molar-refractivity contribution in [2.45, 2.75) is 63.9 Å². The van der Waals surface area contributed by atoms with Crippen molar-refractivity contribution in [1.29, 1.82) is 0 Å². The van der Waals surface area contributed by atoms with Gasteiger partial charge in [0.05, 0.1) is 5.60 Å². The molecule has 0 aromatic heterocycles. The highest BCUT2D eigenvalue weighted by molar-refractivity contribution is 5.92. The van der Waals surface area contributed by atoms with Gasteiger partial charge in [-0.2, -0.15) is 0 Å². The molecule has 1 heteroatoms. The zero-order valence-electron chi connectivity index (χ0n) is 14.2. The van der Waals surface area contributed by atoms with E-state index in [-0.39, 0.29) is 0 Å². The molecule has 3 rings (SSSR count). The molecule has 0 saturated carbocycles. The van der Waals surface area contributed by atoms with Crippen LogP contribution in [0.2, 0.25) is 0 Å². The second kappa shape index (κ2) is 7.31. The van der Waals surface area contributed by atoms with E-state index in [2.05, 4.69) is 55.5 Å². The maximum Gasteiger partial charge on any atom is 0.0936 e. The van der Waals surface area contributed by atoms with Gasteiger partial charge in [-0.15, -0.1) is 0 Å². The summed E-state index contributed by atoms with van der Waals surface area (Å²) in [5.41, 5.74) is 1.65. The first-order chi connectivity index (χ1) is 11.2. The molecule has 2 aromatic carbocycles. The van der Waals surface area contributed by atoms with Gasteiger partial charge in [0, 0.05) is 0 Å². The number of unbranched alkanes of at least 4 members (excludes halogenated alkanes) is 5. The molecule has 0 saturated heterocycles. The van der Waals surface area contributed by atoms with Crippen LogP contribution >= 0.6 is 0 Å². The van der Waals surface area contributed by atoms with E-state index in [0.29, 0.717) is 0 Å². The summed E-state index contributed by atoms with van der Waals surface area (Å²) < 4.78 is 0. The van der Waals surface area contributed by atoms with E-state index >= 15 is 0 Å². The standard InChI is InChI=1S/C22H28O/c1-2-3-4-5-6-9-16-22(23)17-10-13-20-19-12-8-7-11-18(19)14-15-21(20)22/h7-8,10-15,23H,2-6,9,16-17H2,1H3. The molecule has 1 aliphatic rings. The lowest BCUT2D eigenvalue weighted by Crippen LogP contribution is -2.28. The minimum Gasteiger partial charge on any atom is -0.385 e. The van der Waals surface area contributed by atoms with Gasteiger partial charge in [-0.1, -0.05) is 94.0 Å². The number of rotatable bonds is 7. The van der Waals surface area contributed by atoms with Gasteiger partial charge in [0.15, 0.2) is 0 Å². The van der Waals surface area contributed by atoms with Crippen LogP contribution < -0.4 is 0 Å². The average molecular weight is 308 g/mol. The quantitative estimate of drug-likeness (QED) is 0.604. The van der Waals surface area contributed by atoms with E-state index in [1.165, 1.54) is 48.4 Å². The Kier molecular flexibility index (Phi) is 5.17. The molecule has 0 radical (unpaired) electrons. The number of fused-ring (bicyclic) bond motifs is 3. The molecular weight excluding hydrogens is 280 g/mol. The van der Waals surface area contributed by atoms with Gasteiger partial charge >= 0.3 is 0 Å². The monoisotopic (exact) mass is 308 g/mol. The van der Waals surface area contributed by atoms with Gasteiger partial charge in [-0.25, -0.2) is 0 Å². The molecule has 0 amide bonds. The summed E-state index contributed by atoms with van der Waals surface area (Å²) in [5.74, 6) is 0. The summed E-state index contributed by atoms with van der Waals surface area (Å²) in [6.45, 7) is 2.25. The fraction of sp³-hybridized carbons (Fsp3) is 0.455. The summed E-state index contributed by atoms with van der Waals surface area (Å²) in [4.78, 5) is 0. The fourth-order valence-electron chi connectivity index (χ4n) is 3.80. The van der Waals surface area contributed by atoms with Gasteiger partial charge in [-0.05, 0) is 34.7 Å². The molecule has 0 fully saturated rings. The fourth-order valence-corrected chi connectivity index (χ4v) is 3.80. The van der Waals surface area contributed by atoms with Gasteiger partial charge < -0.3 is 5.11 Å². The normalized spacial score (nSPS) is 19.9. The third-order valence-corrected chi connectivity index (χ3v) is 5.16. The van der Waals surface area contributed by atoms with Crippen LogP contribution in [0.3, 0.4) is 0 Å². The third kappa shape index (κ3) is 3.50. The van der Waals surface area contributed by atoms with Crippen molar-refractivity contribution in [3.05, 3.63) is 53.6 Å². The van der Waals surface area contributed by atoms with Crippen molar-refractivity contribution in [2.75, 3.05) is 0 Å². The van der Waals surface area contributed by atoms with E-state index in [0.717, 1.165) is 24.8 Å². The zero-order chi connectivity index (χ0) is 16.1. The maximum absolute atomic E-state index is 11.2. The predicted octanol–water partition coefficient (Wildman–Crippen LogP) is 6.19. The second-order valence-electron chi connectivity index (χ2n) is 6.90. The largest absolute Gasteiger partial charge is 0.385 e. The number of aliphatic hydroxyl groups is 1. The molecular formula is C22H28O. The van der Waals surface area contributed by atoms with Crippen molar-refractivity contribution in [2.24, 2.45) is 0 Å². The van der Waals surface area contributed by atoms with Crippen LogP contribution in [0.25, 0.3) is 16.8 Å². The van der Waals surface area contributed by atoms with Crippen molar-refractivity contribution >= 4 is 16.8 Å². The molecule has 1 unspecified atom stereocenters. The Bertz CT molecular complexity index is 685. The van der Waals surface area contributed by atoms with Crippen molar-refractivity contribution in [3.63, 3.8) is 0 Å². The highest BCUT2D eigenvalue weighted by Crippen LogP contribution is 2.40. The van der Waals surface area contributed by atoms with E-state index in [1.54, 1.807) is 0 Å². The van der Waals surface area contributed by atoms with Gasteiger partial charge in [-0.3, -0.25) is 0 Å². The first-order valence-electron chi connectivity index (χ1n) is 9.16. The van der Waals surface area contributed by atoms with Crippen LogP contribution in [-0.2, 0) is 5.60 Å². The van der Waals surface area contributed by atoms with Gasteiger partial charge in [0.2, 0.25) is 0 Å². The lowest BCUT2D eigenvalue weighted by atomic mass is 9.78. The number of hydrogen-bond donors (Lipinski definition) is 1. The molecule has 1 atom stereocenters. The van der Waals surface area contributed by atoms with E-state index in [4.69, 9.17) is 0 Å². The van der Waals surface area contributed by atoms with E-state index in [9.17, 15) is 5.11 Å². The number of hydrogen-bond acceptors (Lipinski definition) is 1. The third-order valence-electron chi connectivity index (χ3n) is 5.16. The van der Waals surface area contributed by atoms with Crippen LogP contribution in [0.5, 0.6) is 0 Å². The second-order valence-corrected chi connectivity index (χ2v) is 6.90. The number of benzene rings is 2. The molecule has 0 spiro atoms. The minimum absolute atomic E-state index is 0.682. The topological polar surface area (TPSA) is 20.2 Å². The summed E-state index contributed by atoms with van der Waals surface area (Å²) in [7, 11) is 0. The van der Waals surface area contributed by atoms with Crippen LogP contribution in [0.15, 0.2) is 42.5 Å². The lowest BCUT2D eigenvalue weighted by Gasteiger charge is -2.32. The van der Waals surface area contributed by atoms with E-state index < -0.39 is 5.60 Å². The summed E-state index contributed by atoms with van der Waals surface area (Å²) in [6.07, 6.45) is 13.5. The summed E-state index contributed by atoms with van der Waals surface area (Å²) in [5, 5.41) is 13.7. The molecule has 1 aliphatic carbocycles. The predicted molar refractivity (Wildman–Crippen MR) is 99.5 cm³/mol. The van der Waals surface area contributed by atoms with E-state index in [1.807, 2.05) is 0 Å². The molecule has 122 valence electrons. The lowest BCUT2D eigenvalue weighted by molar-refractivity contribution is 0.0266. The Hall–Kier alpha value is -1.60. The van der Waals surface area contributed by atoms with Crippen molar-refractivity contribution < 1.29 is 5.11 Å². The van der Waals surface area contributed by atoms with Gasteiger partial charge in [0.25, 0.3) is 0 Å². The molecule has 2 aromatic rings. The van der Waals surface area contributed by atoms with Gasteiger partial charge in [0.1, 0.15) is 0 Å². The van der Waals surface area contributed by atoms with Crippen LogP contribution in [0.1, 0.15) is 69.4 Å². The first kappa shape index (κ1) is 16.3. The molecule has 1 nitrogen and oxygen atoms in total. The molecule has 0 aliphatic heterocycles. The van der Waals surface area contributed by atoms with Crippen LogP contribution in [0.4, 0.5) is 0 Å². The van der Waals surface area contributed by atoms with Crippen molar-refractivity contribution in [1.82, 2.24) is 0 Å². The highest BCUT2D eigenvalue weighted by atomic mass is 16.3. The summed E-state index contributed by atoms with van der Waals surface area (Å²) >= 11 is 0. The Balaban J connectivity index is 1.75. The average Bonchev–Trinajstić information content (AvgIpc) is 2.58. The Morgan fingerprint density at radius 2 is 1.74 bits per heavy atom. The smallest absolute Gasteiger partial charge is 0.0936 e. The maximum atomic E-state index is 11.2. The van der Waals surface area contributed by atoms with Crippen LogP contribution in [-0.4, -0.2) is 5.11 Å². The minimum atomic E-state index is -0.682. The molecule has 23 heavy (non-hydrogen) atoms. The highest BCUT2D eigenvalue weighted by Gasteiger charge is 2.32. The van der Waals surface area contributed by atoms with Crippen LogP contribution in [0, 0.1) is 0 Å². The Morgan fingerprint density at radius 3 is 2.61 bits per heavy atom. The van der Waals surface area contributed by atoms with Crippen molar-refractivity contribution in [3.8, 4) is 0 Å².